The maximum absolute atomic E-state index is 10.5. The van der Waals surface area contributed by atoms with Gasteiger partial charge in [-0.15, -0.1) is 0 Å². The molecule has 0 saturated heterocycles. The predicted molar refractivity (Wildman–Crippen MR) is 72.2 cm³/mol. The van der Waals surface area contributed by atoms with E-state index in [-0.39, 0.29) is 17.4 Å². The fraction of sp³-hybridized carbons (Fsp3) is 0.417. The number of nitrogens with one attached hydrogen (secondary N) is 1. The van der Waals surface area contributed by atoms with Gasteiger partial charge < -0.3 is 16.3 Å². The van der Waals surface area contributed by atoms with Gasteiger partial charge in [0.15, 0.2) is 0 Å². The lowest BCUT2D eigenvalue weighted by atomic mass is 10.1. The van der Waals surface area contributed by atoms with Crippen molar-refractivity contribution in [3.8, 4) is 0 Å². The monoisotopic (exact) mass is 266 g/mol. The van der Waals surface area contributed by atoms with Gasteiger partial charge in [0.25, 0.3) is 5.69 Å². The fourth-order valence-corrected chi connectivity index (χ4v) is 1.54. The first kappa shape index (κ1) is 14.9. The van der Waals surface area contributed by atoms with E-state index in [1.165, 1.54) is 12.1 Å². The SMILES string of the molecule is CC(CNCCc1ccc([N+](=O)[O-])cc1)C(N)=NO. The highest BCUT2D eigenvalue weighted by molar-refractivity contribution is 5.82. The summed E-state index contributed by atoms with van der Waals surface area (Å²) in [4.78, 5) is 10.1. The van der Waals surface area contributed by atoms with Gasteiger partial charge in [0.2, 0.25) is 0 Å². The number of hydrogen-bond acceptors (Lipinski definition) is 5. The molecular formula is C12H18N4O3. The number of benzene rings is 1. The number of nitrogens with two attached hydrogens (primary N) is 1. The standard InChI is InChI=1S/C12H18N4O3/c1-9(12(13)15-17)8-14-7-6-10-2-4-11(5-3-10)16(18)19/h2-5,9,14,17H,6-8H2,1H3,(H2,13,15). The predicted octanol–water partition coefficient (Wildman–Crippen LogP) is 1.11. The number of nitrogens with zero attached hydrogens (tertiary/aromatic N) is 2. The van der Waals surface area contributed by atoms with Crippen LogP contribution in [0.5, 0.6) is 0 Å². The minimum Gasteiger partial charge on any atom is -0.409 e. The summed E-state index contributed by atoms with van der Waals surface area (Å²) in [7, 11) is 0. The zero-order chi connectivity index (χ0) is 14.3. The third-order valence-electron chi connectivity index (χ3n) is 2.81. The van der Waals surface area contributed by atoms with Gasteiger partial charge in [-0.05, 0) is 18.5 Å². The van der Waals surface area contributed by atoms with Gasteiger partial charge in [-0.3, -0.25) is 10.1 Å². The quantitative estimate of drug-likeness (QED) is 0.171. The number of oxime groups is 1. The maximum atomic E-state index is 10.5. The minimum absolute atomic E-state index is 0.0399. The van der Waals surface area contributed by atoms with Crippen molar-refractivity contribution >= 4 is 11.5 Å². The molecule has 0 amide bonds. The van der Waals surface area contributed by atoms with Crippen LogP contribution in [0.3, 0.4) is 0 Å². The first-order valence-corrected chi connectivity index (χ1v) is 5.96. The first-order chi connectivity index (χ1) is 9.04. The molecular weight excluding hydrogens is 248 g/mol. The highest BCUT2D eigenvalue weighted by Gasteiger charge is 2.07. The van der Waals surface area contributed by atoms with Gasteiger partial charge >= 0.3 is 0 Å². The summed E-state index contributed by atoms with van der Waals surface area (Å²) in [6, 6.07) is 6.47. The Labute approximate surface area is 111 Å². The molecule has 0 aliphatic heterocycles. The Bertz CT molecular complexity index is 445. The summed E-state index contributed by atoms with van der Waals surface area (Å²) in [5, 5.41) is 25.1. The lowest BCUT2D eigenvalue weighted by Gasteiger charge is -2.10. The van der Waals surface area contributed by atoms with Crippen molar-refractivity contribution in [2.24, 2.45) is 16.8 Å². The lowest BCUT2D eigenvalue weighted by Crippen LogP contribution is -2.32. The highest BCUT2D eigenvalue weighted by Crippen LogP contribution is 2.11. The Hall–Kier alpha value is -2.15. The molecule has 7 heteroatoms. The maximum Gasteiger partial charge on any atom is 0.269 e. The van der Waals surface area contributed by atoms with E-state index < -0.39 is 4.92 Å². The van der Waals surface area contributed by atoms with Crippen LogP contribution in [-0.4, -0.2) is 29.1 Å². The van der Waals surface area contributed by atoms with Gasteiger partial charge in [0.05, 0.1) is 4.92 Å². The summed E-state index contributed by atoms with van der Waals surface area (Å²) in [6.07, 6.45) is 0.765. The van der Waals surface area contributed by atoms with Gasteiger partial charge in [-0.1, -0.05) is 24.2 Å². The number of hydrogen-bond donors (Lipinski definition) is 3. The third kappa shape index (κ3) is 4.92. The van der Waals surface area contributed by atoms with E-state index in [0.717, 1.165) is 18.5 Å². The molecule has 1 unspecified atom stereocenters. The number of non-ortho nitro benzene ring substituents is 1. The largest absolute Gasteiger partial charge is 0.409 e. The molecule has 0 bridgehead atoms. The molecule has 1 aromatic carbocycles. The van der Waals surface area contributed by atoms with Crippen LogP contribution >= 0.6 is 0 Å². The van der Waals surface area contributed by atoms with E-state index in [1.54, 1.807) is 12.1 Å². The average molecular weight is 266 g/mol. The van der Waals surface area contributed by atoms with Crippen LogP contribution in [0.25, 0.3) is 0 Å². The van der Waals surface area contributed by atoms with Crippen molar-refractivity contribution in [2.75, 3.05) is 13.1 Å². The fourth-order valence-electron chi connectivity index (χ4n) is 1.54. The van der Waals surface area contributed by atoms with E-state index in [0.29, 0.717) is 6.54 Å². The van der Waals surface area contributed by atoms with Crippen LogP contribution < -0.4 is 11.1 Å². The van der Waals surface area contributed by atoms with Crippen LogP contribution in [0.1, 0.15) is 12.5 Å². The molecule has 4 N–H and O–H groups in total. The molecule has 0 fully saturated rings. The Morgan fingerprint density at radius 3 is 2.68 bits per heavy atom. The first-order valence-electron chi connectivity index (χ1n) is 5.96. The molecule has 19 heavy (non-hydrogen) atoms. The summed E-state index contributed by atoms with van der Waals surface area (Å²) in [5.74, 6) is 0.157. The minimum atomic E-state index is -0.416. The normalized spacial score (nSPS) is 13.2. The van der Waals surface area contributed by atoms with E-state index >= 15 is 0 Å². The molecule has 0 aromatic heterocycles. The molecule has 0 aliphatic carbocycles. The number of nitro benzene ring substituents is 1. The Morgan fingerprint density at radius 1 is 1.53 bits per heavy atom. The molecule has 0 spiro atoms. The number of amidine groups is 1. The molecule has 0 saturated carbocycles. The molecule has 7 nitrogen and oxygen atoms in total. The van der Waals surface area contributed by atoms with E-state index in [2.05, 4.69) is 10.5 Å². The summed E-state index contributed by atoms with van der Waals surface area (Å²) in [6.45, 7) is 3.19. The number of rotatable bonds is 7. The van der Waals surface area contributed by atoms with Gasteiger partial charge in [0, 0.05) is 24.6 Å². The lowest BCUT2D eigenvalue weighted by molar-refractivity contribution is -0.384. The molecule has 0 heterocycles. The van der Waals surface area contributed by atoms with Crippen molar-refractivity contribution in [2.45, 2.75) is 13.3 Å². The van der Waals surface area contributed by atoms with E-state index in [4.69, 9.17) is 10.9 Å². The van der Waals surface area contributed by atoms with Crippen molar-refractivity contribution in [1.82, 2.24) is 5.32 Å². The molecule has 0 aliphatic rings. The van der Waals surface area contributed by atoms with Crippen LogP contribution in [0.4, 0.5) is 5.69 Å². The van der Waals surface area contributed by atoms with E-state index in [9.17, 15) is 10.1 Å². The zero-order valence-electron chi connectivity index (χ0n) is 10.7. The molecule has 1 rings (SSSR count). The summed E-state index contributed by atoms with van der Waals surface area (Å²) >= 11 is 0. The smallest absolute Gasteiger partial charge is 0.269 e. The molecule has 0 radical (unpaired) electrons. The molecule has 1 atom stereocenters. The topological polar surface area (TPSA) is 114 Å². The summed E-state index contributed by atoms with van der Waals surface area (Å²) in [5.41, 5.74) is 6.57. The second-order valence-electron chi connectivity index (χ2n) is 4.30. The van der Waals surface area contributed by atoms with Crippen molar-refractivity contribution in [3.05, 3.63) is 39.9 Å². The molecule has 104 valence electrons. The second-order valence-corrected chi connectivity index (χ2v) is 4.30. The van der Waals surface area contributed by atoms with Gasteiger partial charge in [-0.25, -0.2) is 0 Å². The number of nitro groups is 1. The summed E-state index contributed by atoms with van der Waals surface area (Å²) < 4.78 is 0. The van der Waals surface area contributed by atoms with Crippen LogP contribution in [-0.2, 0) is 6.42 Å². The van der Waals surface area contributed by atoms with Crippen molar-refractivity contribution in [1.29, 1.82) is 0 Å². The van der Waals surface area contributed by atoms with Crippen LogP contribution in [0.15, 0.2) is 29.4 Å². The van der Waals surface area contributed by atoms with E-state index in [1.807, 2.05) is 6.92 Å². The highest BCUT2D eigenvalue weighted by atomic mass is 16.6. The third-order valence-corrected chi connectivity index (χ3v) is 2.81. The average Bonchev–Trinajstić information content (AvgIpc) is 2.42. The Morgan fingerprint density at radius 2 is 2.16 bits per heavy atom. The Kier molecular flexibility index (Phi) is 5.74. The van der Waals surface area contributed by atoms with Gasteiger partial charge in [-0.2, -0.15) is 0 Å². The second kappa shape index (κ2) is 7.32. The van der Waals surface area contributed by atoms with Crippen molar-refractivity contribution in [3.63, 3.8) is 0 Å². The van der Waals surface area contributed by atoms with Crippen molar-refractivity contribution < 1.29 is 10.1 Å². The van der Waals surface area contributed by atoms with Crippen LogP contribution in [0.2, 0.25) is 0 Å². The van der Waals surface area contributed by atoms with Gasteiger partial charge in [0.1, 0.15) is 5.84 Å². The van der Waals surface area contributed by atoms with Crippen LogP contribution in [0, 0.1) is 16.0 Å². The Balaban J connectivity index is 2.32. The zero-order valence-corrected chi connectivity index (χ0v) is 10.7. The molecule has 1 aromatic rings.